The standard InChI is InChI=1S/C15H25N3O.HI/c1-4-12(3)18-15(16-5-2)17-10-9-13-7-6-8-14(19)11-13;/h6-8,11-12,19H,4-5,9-10H2,1-3H3,(H2,16,17,18);1H. The Balaban J connectivity index is 0.00000361. The minimum absolute atomic E-state index is 0. The first-order valence-corrected chi connectivity index (χ1v) is 6.98. The van der Waals surface area contributed by atoms with Crippen LogP contribution in [0.25, 0.3) is 0 Å². The van der Waals surface area contributed by atoms with E-state index >= 15 is 0 Å². The molecular weight excluding hydrogens is 365 g/mol. The van der Waals surface area contributed by atoms with Gasteiger partial charge in [0.2, 0.25) is 0 Å². The molecule has 0 bridgehead atoms. The van der Waals surface area contributed by atoms with Crippen molar-refractivity contribution in [3.63, 3.8) is 0 Å². The molecule has 5 heteroatoms. The quantitative estimate of drug-likeness (QED) is 0.397. The van der Waals surface area contributed by atoms with Crippen LogP contribution >= 0.6 is 24.0 Å². The van der Waals surface area contributed by atoms with Crippen molar-refractivity contribution in [2.75, 3.05) is 13.1 Å². The van der Waals surface area contributed by atoms with Crippen LogP contribution in [0.15, 0.2) is 29.3 Å². The number of phenols is 1. The molecule has 0 aliphatic rings. The maximum Gasteiger partial charge on any atom is 0.191 e. The lowest BCUT2D eigenvalue weighted by Gasteiger charge is -2.16. The lowest BCUT2D eigenvalue weighted by Crippen LogP contribution is -2.42. The number of phenolic OH excluding ortho intramolecular Hbond substituents is 1. The van der Waals surface area contributed by atoms with Crippen LogP contribution in [0.2, 0.25) is 0 Å². The number of rotatable bonds is 6. The van der Waals surface area contributed by atoms with Gasteiger partial charge in [0.15, 0.2) is 5.96 Å². The average Bonchev–Trinajstić information content (AvgIpc) is 2.39. The van der Waals surface area contributed by atoms with Crippen molar-refractivity contribution in [3.8, 4) is 5.75 Å². The summed E-state index contributed by atoms with van der Waals surface area (Å²) in [6, 6.07) is 7.74. The number of benzene rings is 1. The molecule has 114 valence electrons. The maximum atomic E-state index is 9.40. The Kier molecular flexibility index (Phi) is 10.2. The van der Waals surface area contributed by atoms with Gasteiger partial charge in [-0.2, -0.15) is 0 Å². The maximum absolute atomic E-state index is 9.40. The predicted octanol–water partition coefficient (Wildman–Crippen LogP) is 2.91. The van der Waals surface area contributed by atoms with Crippen LogP contribution in [0.5, 0.6) is 5.75 Å². The van der Waals surface area contributed by atoms with E-state index < -0.39 is 0 Å². The minimum Gasteiger partial charge on any atom is -0.508 e. The first-order chi connectivity index (χ1) is 9.15. The van der Waals surface area contributed by atoms with Crippen LogP contribution in [0.1, 0.15) is 32.8 Å². The van der Waals surface area contributed by atoms with Crippen molar-refractivity contribution in [2.45, 2.75) is 39.7 Å². The highest BCUT2D eigenvalue weighted by molar-refractivity contribution is 14.0. The third-order valence-electron chi connectivity index (χ3n) is 2.92. The molecule has 3 N–H and O–H groups in total. The number of aliphatic imine (C=N–C) groups is 1. The van der Waals surface area contributed by atoms with Crippen molar-refractivity contribution in [1.82, 2.24) is 10.6 Å². The van der Waals surface area contributed by atoms with E-state index in [1.165, 1.54) is 0 Å². The van der Waals surface area contributed by atoms with Crippen molar-refractivity contribution in [3.05, 3.63) is 29.8 Å². The zero-order valence-electron chi connectivity index (χ0n) is 12.5. The fourth-order valence-electron chi connectivity index (χ4n) is 1.66. The minimum atomic E-state index is 0. The fourth-order valence-corrected chi connectivity index (χ4v) is 1.66. The molecule has 20 heavy (non-hydrogen) atoms. The number of nitrogens with one attached hydrogen (secondary N) is 2. The molecule has 1 rings (SSSR count). The normalized spacial score (nSPS) is 12.4. The third-order valence-corrected chi connectivity index (χ3v) is 2.92. The third kappa shape index (κ3) is 7.57. The summed E-state index contributed by atoms with van der Waals surface area (Å²) < 4.78 is 0. The average molecular weight is 391 g/mol. The number of guanidine groups is 1. The molecule has 0 spiro atoms. The molecule has 4 nitrogen and oxygen atoms in total. The van der Waals surface area contributed by atoms with Crippen molar-refractivity contribution < 1.29 is 5.11 Å². The zero-order valence-corrected chi connectivity index (χ0v) is 14.8. The van der Waals surface area contributed by atoms with E-state index in [4.69, 9.17) is 0 Å². The predicted molar refractivity (Wildman–Crippen MR) is 96.1 cm³/mol. The Bertz CT molecular complexity index is 410. The summed E-state index contributed by atoms with van der Waals surface area (Å²) in [6.45, 7) is 7.91. The summed E-state index contributed by atoms with van der Waals surface area (Å²) in [7, 11) is 0. The molecule has 1 aromatic carbocycles. The van der Waals surface area contributed by atoms with E-state index in [-0.39, 0.29) is 24.0 Å². The van der Waals surface area contributed by atoms with E-state index in [1.807, 2.05) is 12.1 Å². The Morgan fingerprint density at radius 2 is 2.10 bits per heavy atom. The second-order valence-corrected chi connectivity index (χ2v) is 4.63. The molecule has 0 saturated heterocycles. The van der Waals surface area contributed by atoms with Gasteiger partial charge in [-0.05, 0) is 44.4 Å². The summed E-state index contributed by atoms with van der Waals surface area (Å²) in [5.41, 5.74) is 1.10. The van der Waals surface area contributed by atoms with Gasteiger partial charge in [0.05, 0.1) is 0 Å². The highest BCUT2D eigenvalue weighted by Crippen LogP contribution is 2.11. The van der Waals surface area contributed by atoms with Crippen LogP contribution in [-0.4, -0.2) is 30.2 Å². The van der Waals surface area contributed by atoms with Crippen LogP contribution in [-0.2, 0) is 6.42 Å². The monoisotopic (exact) mass is 391 g/mol. The van der Waals surface area contributed by atoms with Gasteiger partial charge in [0, 0.05) is 19.1 Å². The van der Waals surface area contributed by atoms with Gasteiger partial charge in [-0.15, -0.1) is 24.0 Å². The largest absolute Gasteiger partial charge is 0.508 e. The highest BCUT2D eigenvalue weighted by Gasteiger charge is 2.02. The number of aromatic hydroxyl groups is 1. The summed E-state index contributed by atoms with van der Waals surface area (Å²) in [5, 5.41) is 16.0. The van der Waals surface area contributed by atoms with Gasteiger partial charge >= 0.3 is 0 Å². The highest BCUT2D eigenvalue weighted by atomic mass is 127. The molecule has 0 heterocycles. The van der Waals surface area contributed by atoms with Gasteiger partial charge in [0.25, 0.3) is 0 Å². The Hall–Kier alpha value is -0.980. The molecule has 0 saturated carbocycles. The van der Waals surface area contributed by atoms with E-state index in [0.29, 0.717) is 18.3 Å². The van der Waals surface area contributed by atoms with Crippen molar-refractivity contribution in [1.29, 1.82) is 0 Å². The second kappa shape index (κ2) is 10.8. The molecule has 1 unspecified atom stereocenters. The lowest BCUT2D eigenvalue weighted by molar-refractivity contribution is 0.474. The summed E-state index contributed by atoms with van der Waals surface area (Å²) >= 11 is 0. The SMILES string of the molecule is CCNC(=NCCc1cccc(O)c1)NC(C)CC.I. The Morgan fingerprint density at radius 1 is 1.35 bits per heavy atom. The van der Waals surface area contributed by atoms with Crippen LogP contribution in [0, 0.1) is 0 Å². The van der Waals surface area contributed by atoms with Gasteiger partial charge in [0.1, 0.15) is 5.75 Å². The van der Waals surface area contributed by atoms with Gasteiger partial charge in [-0.3, -0.25) is 4.99 Å². The van der Waals surface area contributed by atoms with E-state index in [0.717, 1.165) is 30.9 Å². The van der Waals surface area contributed by atoms with Gasteiger partial charge < -0.3 is 15.7 Å². The molecule has 0 aromatic heterocycles. The summed E-state index contributed by atoms with van der Waals surface area (Å²) in [6.07, 6.45) is 1.89. The van der Waals surface area contributed by atoms with Crippen LogP contribution in [0.4, 0.5) is 0 Å². The Morgan fingerprint density at radius 3 is 2.70 bits per heavy atom. The molecule has 0 fully saturated rings. The van der Waals surface area contributed by atoms with E-state index in [1.54, 1.807) is 12.1 Å². The van der Waals surface area contributed by atoms with Crippen LogP contribution < -0.4 is 10.6 Å². The van der Waals surface area contributed by atoms with Gasteiger partial charge in [-0.25, -0.2) is 0 Å². The molecular formula is C15H26IN3O. The first kappa shape index (κ1) is 19.0. The molecule has 1 atom stereocenters. The summed E-state index contributed by atoms with van der Waals surface area (Å²) in [5.74, 6) is 1.17. The van der Waals surface area contributed by atoms with E-state index in [9.17, 15) is 5.11 Å². The smallest absolute Gasteiger partial charge is 0.191 e. The zero-order chi connectivity index (χ0) is 14.1. The molecule has 1 aromatic rings. The number of halogens is 1. The van der Waals surface area contributed by atoms with Crippen LogP contribution in [0.3, 0.4) is 0 Å². The molecule has 0 amide bonds. The second-order valence-electron chi connectivity index (χ2n) is 4.63. The molecule has 0 radical (unpaired) electrons. The summed E-state index contributed by atoms with van der Waals surface area (Å²) in [4.78, 5) is 4.54. The Labute approximate surface area is 139 Å². The molecule has 0 aliphatic heterocycles. The number of hydrogen-bond donors (Lipinski definition) is 3. The van der Waals surface area contributed by atoms with Gasteiger partial charge in [-0.1, -0.05) is 19.1 Å². The number of hydrogen-bond acceptors (Lipinski definition) is 2. The number of nitrogens with zero attached hydrogens (tertiary/aromatic N) is 1. The lowest BCUT2D eigenvalue weighted by atomic mass is 10.1. The fraction of sp³-hybridized carbons (Fsp3) is 0.533. The molecule has 0 aliphatic carbocycles. The van der Waals surface area contributed by atoms with Crippen molar-refractivity contribution in [2.24, 2.45) is 4.99 Å². The first-order valence-electron chi connectivity index (χ1n) is 6.98. The topological polar surface area (TPSA) is 56.7 Å². The van der Waals surface area contributed by atoms with Crippen molar-refractivity contribution >= 4 is 29.9 Å². The van der Waals surface area contributed by atoms with E-state index in [2.05, 4.69) is 36.4 Å².